The summed E-state index contributed by atoms with van der Waals surface area (Å²) in [7, 11) is 0. The molecular formula is C26H25N5O4. The van der Waals surface area contributed by atoms with Crippen LogP contribution in [0.15, 0.2) is 64.5 Å². The molecule has 3 heterocycles. The molecule has 0 saturated heterocycles. The van der Waals surface area contributed by atoms with Gasteiger partial charge in [-0.3, -0.25) is 14.0 Å². The number of nitriles is 1. The number of pyridine rings is 2. The second-order valence-corrected chi connectivity index (χ2v) is 7.65. The predicted octanol–water partition coefficient (Wildman–Crippen LogP) is 3.09. The van der Waals surface area contributed by atoms with Gasteiger partial charge in [0.25, 0.3) is 11.5 Å². The highest BCUT2D eigenvalue weighted by molar-refractivity contribution is 5.95. The minimum atomic E-state index is -0.514. The van der Waals surface area contributed by atoms with Crippen LogP contribution in [0.1, 0.15) is 36.2 Å². The number of fused-ring (bicyclic) bond motifs is 2. The predicted molar refractivity (Wildman–Crippen MR) is 130 cm³/mol. The summed E-state index contributed by atoms with van der Waals surface area (Å²) in [5.41, 5.74) is 1.13. The van der Waals surface area contributed by atoms with Crippen molar-refractivity contribution in [3.05, 3.63) is 81.7 Å². The van der Waals surface area contributed by atoms with E-state index in [1.165, 1.54) is 10.5 Å². The van der Waals surface area contributed by atoms with Crippen LogP contribution in [0.5, 0.6) is 5.75 Å². The third-order valence-electron chi connectivity index (χ3n) is 5.40. The number of ether oxygens (including phenoxy) is 2. The number of aromatic nitrogens is 3. The van der Waals surface area contributed by atoms with Gasteiger partial charge in [0.15, 0.2) is 5.49 Å². The quantitative estimate of drug-likeness (QED) is 0.288. The maximum Gasteiger partial charge on any atom is 0.278 e. The Kier molecular flexibility index (Phi) is 7.33. The Morgan fingerprint density at radius 2 is 1.94 bits per heavy atom. The maximum atomic E-state index is 13.2. The first kappa shape index (κ1) is 23.9. The van der Waals surface area contributed by atoms with E-state index in [4.69, 9.17) is 9.47 Å². The van der Waals surface area contributed by atoms with Crippen molar-refractivity contribution in [1.82, 2.24) is 14.0 Å². The molecule has 0 aliphatic heterocycles. The summed E-state index contributed by atoms with van der Waals surface area (Å²) in [4.78, 5) is 35.2. The first-order valence-corrected chi connectivity index (χ1v) is 11.4. The van der Waals surface area contributed by atoms with Crippen molar-refractivity contribution < 1.29 is 14.3 Å². The van der Waals surface area contributed by atoms with Crippen LogP contribution in [0.3, 0.4) is 0 Å². The molecule has 3 aromatic heterocycles. The second-order valence-electron chi connectivity index (χ2n) is 7.65. The molecule has 0 aliphatic carbocycles. The summed E-state index contributed by atoms with van der Waals surface area (Å²) in [5.74, 6) is 0.134. The summed E-state index contributed by atoms with van der Waals surface area (Å²) in [6.45, 7) is 5.71. The Labute approximate surface area is 201 Å². The molecule has 0 spiro atoms. The maximum absolute atomic E-state index is 13.2. The highest BCUT2D eigenvalue weighted by atomic mass is 16.5. The monoisotopic (exact) mass is 471 g/mol. The minimum absolute atomic E-state index is 0.114. The first-order valence-electron chi connectivity index (χ1n) is 11.4. The molecule has 0 unspecified atom stereocenters. The van der Waals surface area contributed by atoms with Crippen molar-refractivity contribution in [2.45, 2.75) is 26.8 Å². The smallest absolute Gasteiger partial charge is 0.278 e. The molecule has 35 heavy (non-hydrogen) atoms. The lowest BCUT2D eigenvalue weighted by Crippen LogP contribution is -2.30. The van der Waals surface area contributed by atoms with Crippen LogP contribution in [0.25, 0.3) is 16.7 Å². The van der Waals surface area contributed by atoms with Crippen molar-refractivity contribution in [2.75, 3.05) is 19.8 Å². The van der Waals surface area contributed by atoms with Gasteiger partial charge in [0.05, 0.1) is 17.6 Å². The molecule has 0 fully saturated rings. The molecule has 9 heteroatoms. The number of rotatable bonds is 8. The molecule has 9 nitrogen and oxygen atoms in total. The van der Waals surface area contributed by atoms with E-state index in [1.54, 1.807) is 53.2 Å². The summed E-state index contributed by atoms with van der Waals surface area (Å²) in [6, 6.07) is 15.4. The summed E-state index contributed by atoms with van der Waals surface area (Å²) < 4.78 is 14.0. The second kappa shape index (κ2) is 10.8. The third-order valence-corrected chi connectivity index (χ3v) is 5.40. The zero-order valence-corrected chi connectivity index (χ0v) is 19.6. The molecule has 4 aromatic rings. The minimum Gasteiger partial charge on any atom is -0.494 e. The Balaban J connectivity index is 1.93. The van der Waals surface area contributed by atoms with Crippen LogP contribution < -0.4 is 15.8 Å². The number of amides is 1. The van der Waals surface area contributed by atoms with Gasteiger partial charge in [-0.2, -0.15) is 10.3 Å². The van der Waals surface area contributed by atoms with Crippen molar-refractivity contribution in [1.29, 1.82) is 5.26 Å². The summed E-state index contributed by atoms with van der Waals surface area (Å²) >= 11 is 0. The Bertz CT molecular complexity index is 1550. The average Bonchev–Trinajstić information content (AvgIpc) is 2.88. The third kappa shape index (κ3) is 4.98. The van der Waals surface area contributed by atoms with E-state index >= 15 is 0 Å². The standard InChI is InChI=1S/C26H25N5O4/c1-3-34-15-7-14-31-23(29-25(32)18-9-11-20(12-10-18)35-4-2)19(17-27)16-21-24(31)28-22-8-5-6-13-30(22)26(21)33/h5-6,8-13,16H,3-4,7,14-15H2,1-2H3. The van der Waals surface area contributed by atoms with Crippen LogP contribution >= 0.6 is 0 Å². The lowest BCUT2D eigenvalue weighted by molar-refractivity contribution is 0.0997. The van der Waals surface area contributed by atoms with Crippen LogP contribution in [0.2, 0.25) is 0 Å². The van der Waals surface area contributed by atoms with E-state index in [-0.39, 0.29) is 22.0 Å². The molecule has 0 bridgehead atoms. The van der Waals surface area contributed by atoms with E-state index in [2.05, 4.69) is 16.0 Å². The molecule has 1 aromatic carbocycles. The highest BCUT2D eigenvalue weighted by Crippen LogP contribution is 2.14. The van der Waals surface area contributed by atoms with E-state index < -0.39 is 5.91 Å². The Morgan fingerprint density at radius 3 is 2.66 bits per heavy atom. The fourth-order valence-corrected chi connectivity index (χ4v) is 3.78. The molecule has 0 aliphatic rings. The fourth-order valence-electron chi connectivity index (χ4n) is 3.78. The number of nitrogens with zero attached hydrogens (tertiary/aromatic N) is 5. The van der Waals surface area contributed by atoms with Crippen LogP contribution in [0.4, 0.5) is 0 Å². The topological polar surface area (TPSA) is 111 Å². The average molecular weight is 472 g/mol. The van der Waals surface area contributed by atoms with E-state index in [9.17, 15) is 14.9 Å². The van der Waals surface area contributed by atoms with Gasteiger partial charge in [0.1, 0.15) is 23.1 Å². The zero-order chi connectivity index (χ0) is 24.8. The molecule has 0 atom stereocenters. The van der Waals surface area contributed by atoms with E-state index in [1.807, 2.05) is 13.8 Å². The first-order chi connectivity index (χ1) is 17.1. The largest absolute Gasteiger partial charge is 0.494 e. The number of aryl methyl sites for hydroxylation is 1. The van der Waals surface area contributed by atoms with Gasteiger partial charge in [-0.25, -0.2) is 4.98 Å². The lowest BCUT2D eigenvalue weighted by atomic mass is 10.2. The van der Waals surface area contributed by atoms with Crippen molar-refractivity contribution in [3.63, 3.8) is 0 Å². The van der Waals surface area contributed by atoms with Gasteiger partial charge in [0, 0.05) is 31.5 Å². The molecule has 178 valence electrons. The number of hydrogen-bond acceptors (Lipinski definition) is 6. The molecule has 0 N–H and O–H groups in total. The number of benzene rings is 1. The Hall–Kier alpha value is -4.29. The van der Waals surface area contributed by atoms with Crippen LogP contribution in [-0.2, 0) is 11.3 Å². The normalized spacial score (nSPS) is 11.6. The van der Waals surface area contributed by atoms with E-state index in [0.717, 1.165) is 0 Å². The number of hydrogen-bond donors (Lipinski definition) is 0. The molecule has 0 radical (unpaired) electrons. The van der Waals surface area contributed by atoms with E-state index in [0.29, 0.717) is 55.4 Å². The van der Waals surface area contributed by atoms with Gasteiger partial charge in [-0.15, -0.1) is 0 Å². The number of carbonyl (C=O) groups is 1. The van der Waals surface area contributed by atoms with Crippen molar-refractivity contribution >= 4 is 22.6 Å². The van der Waals surface area contributed by atoms with Gasteiger partial charge < -0.3 is 14.0 Å². The molecule has 4 rings (SSSR count). The van der Waals surface area contributed by atoms with Gasteiger partial charge in [0.2, 0.25) is 0 Å². The van der Waals surface area contributed by atoms with Crippen LogP contribution in [-0.4, -0.2) is 39.7 Å². The van der Waals surface area contributed by atoms with Gasteiger partial charge >= 0.3 is 0 Å². The molecule has 1 amide bonds. The fraction of sp³-hybridized carbons (Fsp3) is 0.269. The zero-order valence-electron chi connectivity index (χ0n) is 19.6. The highest BCUT2D eigenvalue weighted by Gasteiger charge is 2.15. The Morgan fingerprint density at radius 1 is 1.14 bits per heavy atom. The molecule has 0 saturated carbocycles. The van der Waals surface area contributed by atoms with Gasteiger partial charge in [-0.1, -0.05) is 6.07 Å². The van der Waals surface area contributed by atoms with Crippen molar-refractivity contribution in [3.8, 4) is 11.8 Å². The molecular weight excluding hydrogens is 446 g/mol. The summed E-state index contributed by atoms with van der Waals surface area (Å²) in [6.07, 6.45) is 2.21. The SMILES string of the molecule is CCOCCCn1c(=NC(=O)c2ccc(OCC)cc2)c(C#N)cc2c(=O)n3ccccc3nc21. The van der Waals surface area contributed by atoms with Crippen molar-refractivity contribution in [2.24, 2.45) is 4.99 Å². The number of carbonyl (C=O) groups excluding carboxylic acids is 1. The lowest BCUT2D eigenvalue weighted by Gasteiger charge is -2.13. The summed E-state index contributed by atoms with van der Waals surface area (Å²) in [5, 5.41) is 10.2. The van der Waals surface area contributed by atoms with Gasteiger partial charge in [-0.05, 0) is 62.7 Å². The van der Waals surface area contributed by atoms with Crippen LogP contribution in [0, 0.1) is 11.3 Å².